The van der Waals surface area contributed by atoms with Gasteiger partial charge in [0.25, 0.3) is 0 Å². The first-order valence-electron chi connectivity index (χ1n) is 5.81. The lowest BCUT2D eigenvalue weighted by molar-refractivity contribution is -0.153. The summed E-state index contributed by atoms with van der Waals surface area (Å²) in [5.41, 5.74) is 6.97. The molecule has 1 aromatic rings. The Hall–Kier alpha value is -1.42. The van der Waals surface area contributed by atoms with Crippen molar-refractivity contribution in [2.75, 3.05) is 13.2 Å². The molecule has 0 fully saturated rings. The first-order chi connectivity index (χ1) is 8.03. The molecule has 1 heterocycles. The fourth-order valence-corrected chi connectivity index (χ4v) is 1.61. The fraction of sp³-hybridized carbons (Fsp3) is 0.538. The van der Waals surface area contributed by atoms with Crippen molar-refractivity contribution in [3.63, 3.8) is 0 Å². The van der Waals surface area contributed by atoms with Crippen molar-refractivity contribution >= 4 is 5.97 Å². The second kappa shape index (κ2) is 5.77. The molecule has 0 radical (unpaired) electrons. The second-order valence-electron chi connectivity index (χ2n) is 4.43. The standard InChI is InChI=1S/C13H20N2O2/c1-4-17-12(16)13(3,9-14)8-11-10(2)6-5-7-15-11/h5-7H,4,8-9,14H2,1-3H3. The number of ether oxygens (including phenoxy) is 1. The van der Waals surface area contributed by atoms with Gasteiger partial charge in [0.2, 0.25) is 0 Å². The molecule has 0 aromatic carbocycles. The molecule has 1 unspecified atom stereocenters. The number of carbonyl (C=O) groups is 1. The summed E-state index contributed by atoms with van der Waals surface area (Å²) in [6.07, 6.45) is 2.24. The number of nitrogens with two attached hydrogens (primary N) is 1. The maximum absolute atomic E-state index is 11.9. The van der Waals surface area contributed by atoms with Crippen LogP contribution in [0.2, 0.25) is 0 Å². The van der Waals surface area contributed by atoms with Gasteiger partial charge in [-0.25, -0.2) is 0 Å². The van der Waals surface area contributed by atoms with Crippen LogP contribution in [0.25, 0.3) is 0 Å². The van der Waals surface area contributed by atoms with Gasteiger partial charge >= 0.3 is 5.97 Å². The summed E-state index contributed by atoms with van der Waals surface area (Å²) in [6.45, 7) is 6.21. The number of pyridine rings is 1. The average Bonchev–Trinajstić information content (AvgIpc) is 2.32. The zero-order valence-electron chi connectivity index (χ0n) is 10.7. The maximum atomic E-state index is 11.9. The molecule has 4 heteroatoms. The van der Waals surface area contributed by atoms with Crippen LogP contribution in [0.15, 0.2) is 18.3 Å². The summed E-state index contributed by atoms with van der Waals surface area (Å²) < 4.78 is 5.06. The van der Waals surface area contributed by atoms with E-state index in [9.17, 15) is 4.79 Å². The van der Waals surface area contributed by atoms with Crippen LogP contribution < -0.4 is 5.73 Å². The molecule has 0 aliphatic heterocycles. The van der Waals surface area contributed by atoms with E-state index >= 15 is 0 Å². The second-order valence-corrected chi connectivity index (χ2v) is 4.43. The smallest absolute Gasteiger partial charge is 0.313 e. The molecule has 94 valence electrons. The molecule has 0 aliphatic rings. The van der Waals surface area contributed by atoms with Gasteiger partial charge in [-0.1, -0.05) is 6.07 Å². The summed E-state index contributed by atoms with van der Waals surface area (Å²) in [7, 11) is 0. The third kappa shape index (κ3) is 3.27. The molecule has 0 amide bonds. The molecule has 4 nitrogen and oxygen atoms in total. The van der Waals surface area contributed by atoms with E-state index in [0.717, 1.165) is 11.3 Å². The first-order valence-corrected chi connectivity index (χ1v) is 5.81. The Morgan fingerprint density at radius 3 is 2.82 bits per heavy atom. The number of esters is 1. The van der Waals surface area contributed by atoms with Crippen molar-refractivity contribution in [1.29, 1.82) is 0 Å². The number of rotatable bonds is 5. The average molecular weight is 236 g/mol. The van der Waals surface area contributed by atoms with Gasteiger partial charge in [-0.2, -0.15) is 0 Å². The van der Waals surface area contributed by atoms with Crippen LogP contribution in [0.4, 0.5) is 0 Å². The van der Waals surface area contributed by atoms with Gasteiger partial charge in [0.1, 0.15) is 0 Å². The fourth-order valence-electron chi connectivity index (χ4n) is 1.61. The van der Waals surface area contributed by atoms with Crippen LogP contribution in [-0.2, 0) is 16.0 Å². The van der Waals surface area contributed by atoms with E-state index in [-0.39, 0.29) is 12.5 Å². The van der Waals surface area contributed by atoms with Crippen LogP contribution in [0.1, 0.15) is 25.1 Å². The molecule has 0 saturated carbocycles. The third-order valence-electron chi connectivity index (χ3n) is 2.89. The molecular formula is C13H20N2O2. The van der Waals surface area contributed by atoms with Crippen LogP contribution >= 0.6 is 0 Å². The van der Waals surface area contributed by atoms with Gasteiger partial charge in [-0.05, 0) is 32.4 Å². The number of carbonyl (C=O) groups excluding carboxylic acids is 1. The summed E-state index contributed by atoms with van der Waals surface area (Å²) in [6, 6.07) is 3.85. The first kappa shape index (κ1) is 13.6. The highest BCUT2D eigenvalue weighted by Crippen LogP contribution is 2.23. The van der Waals surface area contributed by atoms with E-state index in [1.807, 2.05) is 26.0 Å². The normalized spacial score (nSPS) is 14.1. The van der Waals surface area contributed by atoms with Crippen LogP contribution in [0.5, 0.6) is 0 Å². The van der Waals surface area contributed by atoms with E-state index in [1.165, 1.54) is 0 Å². The minimum atomic E-state index is -0.699. The van der Waals surface area contributed by atoms with E-state index in [0.29, 0.717) is 13.0 Å². The predicted octanol–water partition coefficient (Wildman–Crippen LogP) is 1.46. The largest absolute Gasteiger partial charge is 0.466 e. The molecule has 17 heavy (non-hydrogen) atoms. The van der Waals surface area contributed by atoms with E-state index in [4.69, 9.17) is 10.5 Å². The summed E-state index contributed by atoms with van der Waals surface area (Å²) in [5, 5.41) is 0. The maximum Gasteiger partial charge on any atom is 0.313 e. The lowest BCUT2D eigenvalue weighted by Crippen LogP contribution is -2.39. The summed E-state index contributed by atoms with van der Waals surface area (Å²) in [4.78, 5) is 16.2. The van der Waals surface area contributed by atoms with E-state index in [1.54, 1.807) is 13.1 Å². The summed E-state index contributed by atoms with van der Waals surface area (Å²) in [5.74, 6) is -0.257. The van der Waals surface area contributed by atoms with Gasteiger partial charge in [0.05, 0.1) is 12.0 Å². The molecular weight excluding hydrogens is 216 g/mol. The van der Waals surface area contributed by atoms with Crippen LogP contribution in [0.3, 0.4) is 0 Å². The quantitative estimate of drug-likeness (QED) is 0.786. The third-order valence-corrected chi connectivity index (χ3v) is 2.89. The lowest BCUT2D eigenvalue weighted by atomic mass is 9.84. The molecule has 1 atom stereocenters. The minimum absolute atomic E-state index is 0.252. The Morgan fingerprint density at radius 2 is 2.29 bits per heavy atom. The van der Waals surface area contributed by atoms with Crippen LogP contribution in [-0.4, -0.2) is 24.1 Å². The Kier molecular flexibility index (Phi) is 4.63. The topological polar surface area (TPSA) is 65.2 Å². The van der Waals surface area contributed by atoms with Crippen molar-refractivity contribution in [2.45, 2.75) is 27.2 Å². The van der Waals surface area contributed by atoms with Gasteiger partial charge in [0.15, 0.2) is 0 Å². The van der Waals surface area contributed by atoms with Crippen molar-refractivity contribution in [3.05, 3.63) is 29.6 Å². The van der Waals surface area contributed by atoms with E-state index in [2.05, 4.69) is 4.98 Å². The Labute approximate surface area is 102 Å². The molecule has 1 rings (SSSR count). The van der Waals surface area contributed by atoms with E-state index < -0.39 is 5.41 Å². The Morgan fingerprint density at radius 1 is 1.59 bits per heavy atom. The highest BCUT2D eigenvalue weighted by molar-refractivity contribution is 5.77. The zero-order chi connectivity index (χ0) is 12.9. The Balaban J connectivity index is 2.89. The number of aromatic nitrogens is 1. The summed E-state index contributed by atoms with van der Waals surface area (Å²) >= 11 is 0. The molecule has 0 aliphatic carbocycles. The molecule has 0 bridgehead atoms. The van der Waals surface area contributed by atoms with Gasteiger partial charge in [0, 0.05) is 24.9 Å². The predicted molar refractivity (Wildman–Crippen MR) is 66.5 cm³/mol. The number of nitrogens with zero attached hydrogens (tertiary/aromatic N) is 1. The molecule has 0 saturated heterocycles. The number of hydrogen-bond donors (Lipinski definition) is 1. The SMILES string of the molecule is CCOC(=O)C(C)(CN)Cc1ncccc1C. The molecule has 2 N–H and O–H groups in total. The minimum Gasteiger partial charge on any atom is -0.466 e. The van der Waals surface area contributed by atoms with Crippen molar-refractivity contribution in [2.24, 2.45) is 11.1 Å². The lowest BCUT2D eigenvalue weighted by Gasteiger charge is -2.25. The highest BCUT2D eigenvalue weighted by atomic mass is 16.5. The number of aryl methyl sites for hydroxylation is 1. The van der Waals surface area contributed by atoms with Gasteiger partial charge < -0.3 is 10.5 Å². The highest BCUT2D eigenvalue weighted by Gasteiger charge is 2.34. The van der Waals surface area contributed by atoms with Crippen molar-refractivity contribution in [1.82, 2.24) is 4.98 Å². The van der Waals surface area contributed by atoms with Gasteiger partial charge in [-0.15, -0.1) is 0 Å². The van der Waals surface area contributed by atoms with Crippen molar-refractivity contribution < 1.29 is 9.53 Å². The molecule has 1 aromatic heterocycles. The van der Waals surface area contributed by atoms with Gasteiger partial charge in [-0.3, -0.25) is 9.78 Å². The molecule has 0 spiro atoms. The zero-order valence-corrected chi connectivity index (χ0v) is 10.7. The monoisotopic (exact) mass is 236 g/mol. The Bertz CT molecular complexity index is 393. The van der Waals surface area contributed by atoms with Crippen LogP contribution in [0, 0.1) is 12.3 Å². The van der Waals surface area contributed by atoms with Crippen molar-refractivity contribution in [3.8, 4) is 0 Å². The number of hydrogen-bond acceptors (Lipinski definition) is 4.